The molecule has 0 fully saturated rings. The minimum Gasteiger partial charge on any atom is -0.507 e. The fourth-order valence-electron chi connectivity index (χ4n) is 3.98. The zero-order valence-electron chi connectivity index (χ0n) is 22.3. The molecule has 0 aliphatic rings. The summed E-state index contributed by atoms with van der Waals surface area (Å²) in [6.07, 6.45) is 2.93. The van der Waals surface area contributed by atoms with Gasteiger partial charge in [-0.15, -0.1) is 0 Å². The van der Waals surface area contributed by atoms with Gasteiger partial charge >= 0.3 is 0 Å². The molecule has 0 aliphatic heterocycles. The van der Waals surface area contributed by atoms with Crippen LogP contribution in [0.1, 0.15) is 49.2 Å². The third-order valence-electron chi connectivity index (χ3n) is 6.18. The van der Waals surface area contributed by atoms with E-state index in [0.29, 0.717) is 22.4 Å². The molecule has 0 radical (unpaired) electrons. The lowest BCUT2D eigenvalue weighted by Crippen LogP contribution is -2.21. The Morgan fingerprint density at radius 3 is 1.79 bits per heavy atom. The average molecular weight is 517 g/mol. The quantitative estimate of drug-likeness (QED) is 0.199. The third kappa shape index (κ3) is 7.25. The lowest BCUT2D eigenvalue weighted by atomic mass is 10.2. The largest absolute Gasteiger partial charge is 0.507 e. The Bertz CT molecular complexity index is 1280. The van der Waals surface area contributed by atoms with Crippen LogP contribution in [0.4, 0.5) is 17.1 Å². The molecule has 0 saturated heterocycles. The van der Waals surface area contributed by atoms with Crippen LogP contribution in [-0.2, 0) is 0 Å². The van der Waals surface area contributed by atoms with Crippen LogP contribution in [0.25, 0.3) is 0 Å². The van der Waals surface area contributed by atoms with Crippen molar-refractivity contribution in [3.05, 3.63) is 77.4 Å². The fourth-order valence-corrected chi connectivity index (χ4v) is 3.98. The molecule has 1 amide bonds. The van der Waals surface area contributed by atoms with Gasteiger partial charge in [0.2, 0.25) is 0 Å². The van der Waals surface area contributed by atoms with E-state index in [9.17, 15) is 15.0 Å². The number of phenolic OH excluding ortho intramolecular Hbond substituents is 2. The second-order valence-corrected chi connectivity index (χ2v) is 8.48. The van der Waals surface area contributed by atoms with Crippen LogP contribution in [-0.4, -0.2) is 54.7 Å². The van der Waals surface area contributed by atoms with Crippen molar-refractivity contribution in [1.29, 1.82) is 0 Å². The Labute approximate surface area is 224 Å². The number of hydrogen-bond acceptors (Lipinski definition) is 8. The van der Waals surface area contributed by atoms with Crippen molar-refractivity contribution in [1.82, 2.24) is 5.43 Å². The Morgan fingerprint density at radius 1 is 0.763 bits per heavy atom. The number of rotatable bonds is 12. The van der Waals surface area contributed by atoms with E-state index in [1.165, 1.54) is 12.4 Å². The van der Waals surface area contributed by atoms with E-state index in [0.717, 1.165) is 37.6 Å². The van der Waals surface area contributed by atoms with E-state index < -0.39 is 5.91 Å². The monoisotopic (exact) mass is 516 g/mol. The van der Waals surface area contributed by atoms with E-state index in [1.807, 2.05) is 18.2 Å². The highest BCUT2D eigenvalue weighted by Gasteiger charge is 2.08. The molecular weight excluding hydrogens is 480 g/mol. The molecule has 0 heterocycles. The van der Waals surface area contributed by atoms with Crippen molar-refractivity contribution in [3.63, 3.8) is 0 Å². The molecule has 38 heavy (non-hydrogen) atoms. The number of aromatic hydroxyl groups is 2. The maximum absolute atomic E-state index is 12.6. The molecule has 0 atom stereocenters. The average Bonchev–Trinajstić information content (AvgIpc) is 2.92. The Kier molecular flexibility index (Phi) is 10.1. The smallest absolute Gasteiger partial charge is 0.271 e. The number of nitrogens with one attached hydrogen (secondary N) is 2. The lowest BCUT2D eigenvalue weighted by Gasteiger charge is -2.21. The van der Waals surface area contributed by atoms with Crippen molar-refractivity contribution in [2.75, 3.05) is 41.4 Å². The van der Waals surface area contributed by atoms with E-state index in [4.69, 9.17) is 0 Å². The number of hydrazone groups is 2. The molecule has 3 aromatic rings. The van der Waals surface area contributed by atoms with Crippen molar-refractivity contribution in [3.8, 4) is 11.5 Å². The zero-order valence-corrected chi connectivity index (χ0v) is 22.3. The summed E-state index contributed by atoms with van der Waals surface area (Å²) in [7, 11) is 0. The van der Waals surface area contributed by atoms with Crippen LogP contribution in [0.15, 0.2) is 70.9 Å². The summed E-state index contributed by atoms with van der Waals surface area (Å²) in [5.74, 6) is -0.178. The first-order chi connectivity index (χ1) is 18.4. The molecule has 200 valence electrons. The van der Waals surface area contributed by atoms with Crippen molar-refractivity contribution in [2.45, 2.75) is 27.7 Å². The number of nitrogens with zero attached hydrogens (tertiary/aromatic N) is 4. The summed E-state index contributed by atoms with van der Waals surface area (Å²) in [5, 5.41) is 28.9. The van der Waals surface area contributed by atoms with Gasteiger partial charge in [-0.1, -0.05) is 6.07 Å². The molecule has 9 heteroatoms. The number of carbonyl (C=O) groups is 1. The van der Waals surface area contributed by atoms with Crippen molar-refractivity contribution < 1.29 is 15.0 Å². The van der Waals surface area contributed by atoms with Gasteiger partial charge in [0.15, 0.2) is 0 Å². The summed E-state index contributed by atoms with van der Waals surface area (Å²) < 4.78 is 0. The molecule has 0 bridgehead atoms. The Hall–Kier alpha value is -4.53. The van der Waals surface area contributed by atoms with Gasteiger partial charge in [0.1, 0.15) is 11.5 Å². The van der Waals surface area contributed by atoms with Gasteiger partial charge in [-0.05, 0) is 70.2 Å². The predicted octanol–water partition coefficient (Wildman–Crippen LogP) is 5.00. The molecule has 3 aromatic carbocycles. The van der Waals surface area contributed by atoms with Crippen LogP contribution >= 0.6 is 0 Å². The first-order valence-corrected chi connectivity index (χ1v) is 12.8. The Morgan fingerprint density at radius 2 is 1.29 bits per heavy atom. The predicted molar refractivity (Wildman–Crippen MR) is 156 cm³/mol. The van der Waals surface area contributed by atoms with Crippen LogP contribution in [0.3, 0.4) is 0 Å². The summed E-state index contributed by atoms with van der Waals surface area (Å²) in [5.41, 5.74) is 9.29. The molecule has 0 unspecified atom stereocenters. The molecule has 3 rings (SSSR count). The maximum atomic E-state index is 12.6. The Balaban J connectivity index is 1.60. The standard InChI is InChI=1S/C29H36N6O3/c1-5-34(6-2)25-14-12-22(27(36)17-25)19-30-32-24-11-9-10-21(16-24)29(38)33-31-20-23-13-15-26(18-28(23)37)35(7-3)8-4/h9-20,32,36-37H,5-8H2,1-4H3,(H,33,38)/b30-19-,31-20-. The number of hydrogen-bond donors (Lipinski definition) is 4. The van der Waals surface area contributed by atoms with Gasteiger partial charge in [-0.3, -0.25) is 10.2 Å². The first-order valence-electron chi connectivity index (χ1n) is 12.8. The molecule has 0 aliphatic carbocycles. The van der Waals surface area contributed by atoms with E-state index >= 15 is 0 Å². The summed E-state index contributed by atoms with van der Waals surface area (Å²) in [4.78, 5) is 16.8. The van der Waals surface area contributed by atoms with E-state index in [1.54, 1.807) is 42.5 Å². The normalized spacial score (nSPS) is 11.2. The minimum atomic E-state index is -0.405. The van der Waals surface area contributed by atoms with Gasteiger partial charge in [0.05, 0.1) is 18.1 Å². The van der Waals surface area contributed by atoms with Crippen molar-refractivity contribution in [2.24, 2.45) is 10.2 Å². The second-order valence-electron chi connectivity index (χ2n) is 8.48. The summed E-state index contributed by atoms with van der Waals surface area (Å²) in [6, 6.07) is 17.6. The van der Waals surface area contributed by atoms with Crippen LogP contribution in [0.2, 0.25) is 0 Å². The second kappa shape index (κ2) is 13.7. The highest BCUT2D eigenvalue weighted by molar-refractivity contribution is 5.96. The fraction of sp³-hybridized carbons (Fsp3) is 0.276. The minimum absolute atomic E-state index is 0.0881. The van der Waals surface area contributed by atoms with Crippen LogP contribution < -0.4 is 20.7 Å². The van der Waals surface area contributed by atoms with Crippen LogP contribution in [0.5, 0.6) is 11.5 Å². The molecule has 0 aromatic heterocycles. The zero-order chi connectivity index (χ0) is 27.5. The maximum Gasteiger partial charge on any atom is 0.271 e. The molecule has 4 N–H and O–H groups in total. The summed E-state index contributed by atoms with van der Waals surface area (Å²) in [6.45, 7) is 11.6. The van der Waals surface area contributed by atoms with Crippen LogP contribution in [0, 0.1) is 0 Å². The van der Waals surface area contributed by atoms with E-state index in [2.05, 4.69) is 58.5 Å². The molecule has 9 nitrogen and oxygen atoms in total. The van der Waals surface area contributed by atoms with Gasteiger partial charge in [-0.2, -0.15) is 10.2 Å². The van der Waals surface area contributed by atoms with Gasteiger partial charge in [0.25, 0.3) is 5.91 Å². The lowest BCUT2D eigenvalue weighted by molar-refractivity contribution is 0.0955. The number of phenols is 2. The number of benzene rings is 3. The molecular formula is C29H36N6O3. The van der Waals surface area contributed by atoms with Gasteiger partial charge < -0.3 is 20.0 Å². The van der Waals surface area contributed by atoms with Gasteiger partial charge in [-0.25, -0.2) is 5.43 Å². The highest BCUT2D eigenvalue weighted by atomic mass is 16.3. The summed E-state index contributed by atoms with van der Waals surface area (Å²) >= 11 is 0. The molecule has 0 spiro atoms. The highest BCUT2D eigenvalue weighted by Crippen LogP contribution is 2.24. The number of carbonyl (C=O) groups excluding carboxylic acids is 1. The molecule has 0 saturated carbocycles. The SMILES string of the molecule is CCN(CC)c1ccc(/C=N\NC(=O)c2cccc(N/N=C\c3ccc(N(CC)CC)cc3O)c2)c(O)c1. The number of amides is 1. The first kappa shape index (κ1) is 28.0. The van der Waals surface area contributed by atoms with Gasteiger partial charge in [0, 0.05) is 66.4 Å². The number of anilines is 3. The third-order valence-corrected chi connectivity index (χ3v) is 6.18. The topological polar surface area (TPSA) is 113 Å². The van der Waals surface area contributed by atoms with E-state index in [-0.39, 0.29) is 11.5 Å². The van der Waals surface area contributed by atoms with Crippen molar-refractivity contribution >= 4 is 35.4 Å².